The Morgan fingerprint density at radius 1 is 1.30 bits per heavy atom. The maximum Gasteiger partial charge on any atom is 0.253 e. The third-order valence-corrected chi connectivity index (χ3v) is 4.92. The Hall–Kier alpha value is -3.04. The molecule has 1 aromatic carbocycles. The van der Waals surface area contributed by atoms with Gasteiger partial charge < -0.3 is 14.8 Å². The number of amides is 1. The molecule has 0 aliphatic carbocycles. The summed E-state index contributed by atoms with van der Waals surface area (Å²) in [7, 11) is 0. The number of nitrogens with zero attached hydrogens (tertiary/aromatic N) is 4. The average molecular weight is 432 g/mol. The van der Waals surface area contributed by atoms with Gasteiger partial charge in [0.25, 0.3) is 5.91 Å². The van der Waals surface area contributed by atoms with E-state index in [1.54, 1.807) is 16.7 Å². The molecule has 0 radical (unpaired) electrons. The summed E-state index contributed by atoms with van der Waals surface area (Å²) in [6, 6.07) is 7.41. The van der Waals surface area contributed by atoms with E-state index in [0.29, 0.717) is 36.2 Å². The van der Waals surface area contributed by atoms with Crippen molar-refractivity contribution in [2.24, 2.45) is 0 Å². The van der Waals surface area contributed by atoms with E-state index in [1.165, 1.54) is 30.7 Å². The van der Waals surface area contributed by atoms with Crippen molar-refractivity contribution in [2.75, 3.05) is 13.2 Å². The fraction of sp³-hybridized carbons (Fsp3) is 0.300. The van der Waals surface area contributed by atoms with E-state index in [0.717, 1.165) is 12.8 Å². The predicted molar refractivity (Wildman–Crippen MR) is 106 cm³/mol. The van der Waals surface area contributed by atoms with Crippen molar-refractivity contribution in [3.05, 3.63) is 65.1 Å². The Morgan fingerprint density at radius 2 is 2.07 bits per heavy atom. The highest BCUT2D eigenvalue weighted by Crippen LogP contribution is 2.25. The highest BCUT2D eigenvalue weighted by atomic mass is 35.5. The number of pyridine rings is 1. The number of carbonyl (C=O) groups excluding carboxylic acids is 1. The Labute approximate surface area is 177 Å². The Morgan fingerprint density at radius 3 is 2.80 bits per heavy atom. The average Bonchev–Trinajstić information content (AvgIpc) is 3.23. The van der Waals surface area contributed by atoms with Gasteiger partial charge in [0.2, 0.25) is 5.88 Å². The van der Waals surface area contributed by atoms with Gasteiger partial charge in [-0.1, -0.05) is 11.6 Å². The van der Waals surface area contributed by atoms with Crippen molar-refractivity contribution in [3.8, 4) is 11.6 Å². The van der Waals surface area contributed by atoms with Gasteiger partial charge in [-0.05, 0) is 30.3 Å². The fourth-order valence-electron chi connectivity index (χ4n) is 3.05. The number of halogens is 2. The van der Waals surface area contributed by atoms with E-state index in [9.17, 15) is 9.18 Å². The smallest absolute Gasteiger partial charge is 0.253 e. The summed E-state index contributed by atoms with van der Waals surface area (Å²) in [6.07, 6.45) is 4.46. The van der Waals surface area contributed by atoms with Crippen LogP contribution in [0.25, 0.3) is 5.69 Å². The molecule has 1 aliphatic rings. The lowest BCUT2D eigenvalue weighted by Crippen LogP contribution is -2.27. The summed E-state index contributed by atoms with van der Waals surface area (Å²) in [5.41, 5.74) is 0.983. The van der Waals surface area contributed by atoms with Crippen LogP contribution in [0.5, 0.6) is 5.88 Å². The molecule has 1 aliphatic heterocycles. The monoisotopic (exact) mass is 431 g/mol. The van der Waals surface area contributed by atoms with E-state index in [1.807, 2.05) is 0 Å². The van der Waals surface area contributed by atoms with Gasteiger partial charge >= 0.3 is 0 Å². The minimum absolute atomic E-state index is 0.00116. The molecule has 1 N–H and O–H groups in total. The number of carbonyl (C=O) groups is 1. The normalized spacial score (nSPS) is 14.5. The van der Waals surface area contributed by atoms with Crippen molar-refractivity contribution in [2.45, 2.75) is 25.5 Å². The Balaban J connectivity index is 1.39. The van der Waals surface area contributed by atoms with Gasteiger partial charge in [0.15, 0.2) is 5.82 Å². The molecular weight excluding hydrogens is 413 g/mol. The summed E-state index contributed by atoms with van der Waals surface area (Å²) in [5, 5.41) is 10.9. The summed E-state index contributed by atoms with van der Waals surface area (Å²) in [4.78, 5) is 16.7. The minimum Gasteiger partial charge on any atom is -0.473 e. The van der Waals surface area contributed by atoms with Crippen LogP contribution in [0.2, 0.25) is 5.02 Å². The second kappa shape index (κ2) is 9.19. The van der Waals surface area contributed by atoms with Crippen molar-refractivity contribution < 1.29 is 18.7 Å². The molecule has 1 saturated heterocycles. The highest BCUT2D eigenvalue weighted by Gasteiger charge is 2.19. The van der Waals surface area contributed by atoms with E-state index >= 15 is 0 Å². The van der Waals surface area contributed by atoms with Crippen LogP contribution < -0.4 is 10.1 Å². The summed E-state index contributed by atoms with van der Waals surface area (Å²) < 4.78 is 25.9. The zero-order valence-electron chi connectivity index (χ0n) is 15.9. The number of aromatic nitrogens is 4. The van der Waals surface area contributed by atoms with Crippen LogP contribution in [0, 0.1) is 5.82 Å². The molecule has 0 unspecified atom stereocenters. The standard InChI is InChI=1S/C20H19ClFN5O3/c21-17-9-13(10-24-20(17)30-16-5-7-29-8-6-16)19(28)23-11-18-26-25-12-27(18)15-3-1-14(22)2-4-15/h1-4,9-10,12,16H,5-8,11H2,(H,23,28). The summed E-state index contributed by atoms with van der Waals surface area (Å²) in [6.45, 7) is 1.41. The number of benzene rings is 1. The topological polar surface area (TPSA) is 91.2 Å². The second-order valence-corrected chi connectivity index (χ2v) is 7.12. The number of rotatable bonds is 6. The van der Waals surface area contributed by atoms with Gasteiger partial charge in [-0.2, -0.15) is 0 Å². The zero-order chi connectivity index (χ0) is 20.9. The maximum absolute atomic E-state index is 13.1. The number of hydrogen-bond acceptors (Lipinski definition) is 6. The predicted octanol–water partition coefficient (Wildman–Crippen LogP) is 2.94. The molecule has 10 heteroatoms. The molecule has 4 rings (SSSR count). The van der Waals surface area contributed by atoms with Crippen LogP contribution >= 0.6 is 11.6 Å². The SMILES string of the molecule is O=C(NCc1nncn1-c1ccc(F)cc1)c1cnc(OC2CCOCC2)c(Cl)c1. The molecular formula is C20H19ClFN5O3. The third-order valence-electron chi connectivity index (χ3n) is 4.65. The second-order valence-electron chi connectivity index (χ2n) is 6.72. The highest BCUT2D eigenvalue weighted by molar-refractivity contribution is 6.32. The van der Waals surface area contributed by atoms with Crippen LogP contribution in [0.4, 0.5) is 4.39 Å². The Bertz CT molecular complexity index is 1020. The van der Waals surface area contributed by atoms with E-state index in [4.69, 9.17) is 21.1 Å². The van der Waals surface area contributed by atoms with Gasteiger partial charge in [-0.15, -0.1) is 10.2 Å². The van der Waals surface area contributed by atoms with Crippen LogP contribution in [0.15, 0.2) is 42.9 Å². The quantitative estimate of drug-likeness (QED) is 0.645. The lowest BCUT2D eigenvalue weighted by Gasteiger charge is -2.23. The lowest BCUT2D eigenvalue weighted by atomic mass is 10.1. The molecule has 0 bridgehead atoms. The van der Waals surface area contributed by atoms with Crippen molar-refractivity contribution >= 4 is 17.5 Å². The zero-order valence-corrected chi connectivity index (χ0v) is 16.7. The van der Waals surface area contributed by atoms with Crippen molar-refractivity contribution in [1.29, 1.82) is 0 Å². The van der Waals surface area contributed by atoms with E-state index in [-0.39, 0.29) is 29.4 Å². The van der Waals surface area contributed by atoms with Gasteiger partial charge in [0.05, 0.1) is 25.3 Å². The molecule has 0 atom stereocenters. The first kappa shape index (κ1) is 20.2. The summed E-state index contributed by atoms with van der Waals surface area (Å²) >= 11 is 6.25. The first-order valence-electron chi connectivity index (χ1n) is 9.43. The molecule has 1 fully saturated rings. The maximum atomic E-state index is 13.1. The van der Waals surface area contributed by atoms with E-state index in [2.05, 4.69) is 20.5 Å². The molecule has 3 heterocycles. The van der Waals surface area contributed by atoms with Crippen LogP contribution in [-0.2, 0) is 11.3 Å². The molecule has 0 spiro atoms. The van der Waals surface area contributed by atoms with Crippen LogP contribution in [-0.4, -0.2) is 45.0 Å². The molecule has 2 aromatic heterocycles. The molecule has 0 saturated carbocycles. The van der Waals surface area contributed by atoms with Gasteiger partial charge in [-0.25, -0.2) is 9.37 Å². The first-order chi connectivity index (χ1) is 14.6. The fourth-order valence-corrected chi connectivity index (χ4v) is 3.26. The lowest BCUT2D eigenvalue weighted by molar-refractivity contribution is 0.0238. The minimum atomic E-state index is -0.365. The van der Waals surface area contributed by atoms with Crippen molar-refractivity contribution in [1.82, 2.24) is 25.1 Å². The molecule has 8 nitrogen and oxygen atoms in total. The van der Waals surface area contributed by atoms with Crippen molar-refractivity contribution in [3.63, 3.8) is 0 Å². The molecule has 30 heavy (non-hydrogen) atoms. The number of hydrogen-bond donors (Lipinski definition) is 1. The molecule has 3 aromatic rings. The summed E-state index contributed by atoms with van der Waals surface area (Å²) in [5.74, 6) is 0.0932. The third kappa shape index (κ3) is 4.74. The molecule has 156 valence electrons. The van der Waals surface area contributed by atoms with Gasteiger partial charge in [0.1, 0.15) is 23.3 Å². The van der Waals surface area contributed by atoms with Crippen LogP contribution in [0.1, 0.15) is 29.0 Å². The van der Waals surface area contributed by atoms with E-state index < -0.39 is 0 Å². The van der Waals surface area contributed by atoms with Gasteiger partial charge in [-0.3, -0.25) is 9.36 Å². The van der Waals surface area contributed by atoms with Crippen LogP contribution in [0.3, 0.4) is 0 Å². The number of nitrogens with one attached hydrogen (secondary N) is 1. The largest absolute Gasteiger partial charge is 0.473 e. The van der Waals surface area contributed by atoms with Gasteiger partial charge in [0, 0.05) is 24.7 Å². The number of ether oxygens (including phenoxy) is 2. The molecule has 1 amide bonds. The first-order valence-corrected chi connectivity index (χ1v) is 9.81. The Kier molecular flexibility index (Phi) is 6.20.